The maximum atomic E-state index is 11.8. The van der Waals surface area contributed by atoms with Crippen LogP contribution in [0.15, 0.2) is 18.3 Å². The average molecular weight is 296 g/mol. The Morgan fingerprint density at radius 2 is 2.15 bits per heavy atom. The van der Waals surface area contributed by atoms with Crippen molar-refractivity contribution in [2.75, 3.05) is 13.3 Å². The van der Waals surface area contributed by atoms with E-state index in [1.54, 1.807) is 0 Å². The monoisotopic (exact) mass is 296 g/mol. The Balaban J connectivity index is 2.19. The summed E-state index contributed by atoms with van der Waals surface area (Å²) in [6.07, 6.45) is 6.76. The van der Waals surface area contributed by atoms with E-state index >= 15 is 0 Å². The Hall–Kier alpha value is -0.940. The number of aryl methyl sites for hydroxylation is 1. The van der Waals surface area contributed by atoms with E-state index in [1.165, 1.54) is 11.8 Å². The largest absolute Gasteiger partial charge is 0.311 e. The third-order valence-electron chi connectivity index (χ3n) is 4.31. The molecule has 1 saturated carbocycles. The van der Waals surface area contributed by atoms with Gasteiger partial charge in [0.2, 0.25) is 0 Å². The minimum absolute atomic E-state index is 0.138. The predicted octanol–water partition coefficient (Wildman–Crippen LogP) is 2.25. The van der Waals surface area contributed by atoms with E-state index in [4.69, 9.17) is 0 Å². The van der Waals surface area contributed by atoms with Gasteiger partial charge in [0.15, 0.2) is 0 Å². The van der Waals surface area contributed by atoms with Crippen LogP contribution in [-0.4, -0.2) is 32.0 Å². The van der Waals surface area contributed by atoms with Gasteiger partial charge in [-0.05, 0) is 56.8 Å². The Morgan fingerprint density at radius 1 is 1.40 bits per heavy atom. The van der Waals surface area contributed by atoms with Gasteiger partial charge in [0, 0.05) is 12.5 Å². The van der Waals surface area contributed by atoms with Crippen molar-refractivity contribution in [3.63, 3.8) is 0 Å². The number of sulfone groups is 1. The van der Waals surface area contributed by atoms with Crippen LogP contribution < -0.4 is 5.32 Å². The molecule has 1 aromatic rings. The third-order valence-corrected chi connectivity index (χ3v) is 5.95. The number of hydrogen-bond acceptors (Lipinski definition) is 4. The van der Waals surface area contributed by atoms with E-state index in [9.17, 15) is 8.42 Å². The summed E-state index contributed by atoms with van der Waals surface area (Å²) < 4.78 is 23.6. The highest BCUT2D eigenvalue weighted by atomic mass is 32.2. The molecule has 112 valence electrons. The fourth-order valence-corrected chi connectivity index (χ4v) is 4.42. The maximum Gasteiger partial charge on any atom is 0.150 e. The molecule has 1 N–H and O–H groups in total. The zero-order valence-electron chi connectivity index (χ0n) is 12.5. The zero-order valence-corrected chi connectivity index (χ0v) is 13.3. The van der Waals surface area contributed by atoms with Crippen molar-refractivity contribution in [2.45, 2.75) is 43.9 Å². The molecule has 20 heavy (non-hydrogen) atoms. The lowest BCUT2D eigenvalue weighted by Crippen LogP contribution is -2.34. The average Bonchev–Trinajstić information content (AvgIpc) is 2.39. The van der Waals surface area contributed by atoms with Crippen molar-refractivity contribution in [1.82, 2.24) is 10.3 Å². The summed E-state index contributed by atoms with van der Waals surface area (Å²) in [7, 11) is -1.01. The molecule has 3 atom stereocenters. The molecule has 5 heteroatoms. The molecule has 0 aliphatic heterocycles. The van der Waals surface area contributed by atoms with E-state index in [1.807, 2.05) is 19.3 Å². The van der Waals surface area contributed by atoms with Crippen LogP contribution in [0.1, 0.15) is 43.0 Å². The maximum absolute atomic E-state index is 11.8. The number of aromatic nitrogens is 1. The molecular weight excluding hydrogens is 272 g/mol. The van der Waals surface area contributed by atoms with Crippen LogP contribution in [0.4, 0.5) is 0 Å². The van der Waals surface area contributed by atoms with Crippen LogP contribution in [-0.2, 0) is 9.84 Å². The Morgan fingerprint density at radius 3 is 2.75 bits per heavy atom. The molecule has 1 fully saturated rings. The van der Waals surface area contributed by atoms with E-state index in [-0.39, 0.29) is 11.3 Å². The van der Waals surface area contributed by atoms with E-state index in [0.29, 0.717) is 5.92 Å². The fourth-order valence-electron chi connectivity index (χ4n) is 3.23. The SMILES string of the molecule is CNC(c1cc(C)ccn1)C1CCCC(S(C)(=O)=O)C1. The zero-order chi connectivity index (χ0) is 14.8. The van der Waals surface area contributed by atoms with Gasteiger partial charge >= 0.3 is 0 Å². The number of nitrogens with one attached hydrogen (secondary N) is 1. The smallest absolute Gasteiger partial charge is 0.150 e. The van der Waals surface area contributed by atoms with Crippen LogP contribution in [0.3, 0.4) is 0 Å². The molecule has 0 radical (unpaired) electrons. The van der Waals surface area contributed by atoms with Crippen molar-refractivity contribution in [3.8, 4) is 0 Å². The molecule has 2 rings (SSSR count). The summed E-state index contributed by atoms with van der Waals surface area (Å²) in [5, 5.41) is 3.14. The van der Waals surface area contributed by atoms with Crippen molar-refractivity contribution in [2.24, 2.45) is 5.92 Å². The van der Waals surface area contributed by atoms with Gasteiger partial charge < -0.3 is 5.32 Å². The molecule has 1 aliphatic carbocycles. The summed E-state index contributed by atoms with van der Waals surface area (Å²) in [6.45, 7) is 2.05. The van der Waals surface area contributed by atoms with Gasteiger partial charge in [0.05, 0.1) is 17.0 Å². The molecule has 0 bridgehead atoms. The van der Waals surface area contributed by atoms with Crippen molar-refractivity contribution in [3.05, 3.63) is 29.6 Å². The molecule has 0 spiro atoms. The topological polar surface area (TPSA) is 59.1 Å². The summed E-state index contributed by atoms with van der Waals surface area (Å²) in [5.74, 6) is 0.336. The Labute approximate surface area is 121 Å². The minimum atomic E-state index is -2.94. The van der Waals surface area contributed by atoms with Gasteiger partial charge in [-0.1, -0.05) is 6.42 Å². The van der Waals surface area contributed by atoms with Gasteiger partial charge in [-0.2, -0.15) is 0 Å². The molecule has 1 heterocycles. The van der Waals surface area contributed by atoms with Crippen molar-refractivity contribution >= 4 is 9.84 Å². The van der Waals surface area contributed by atoms with Crippen LogP contribution in [0.2, 0.25) is 0 Å². The summed E-state index contributed by atoms with van der Waals surface area (Å²) in [5.41, 5.74) is 2.21. The van der Waals surface area contributed by atoms with Gasteiger partial charge in [-0.3, -0.25) is 4.98 Å². The summed E-state index contributed by atoms with van der Waals surface area (Å²) >= 11 is 0. The second-order valence-corrected chi connectivity index (χ2v) is 8.23. The molecule has 4 nitrogen and oxygen atoms in total. The highest BCUT2D eigenvalue weighted by Crippen LogP contribution is 2.36. The lowest BCUT2D eigenvalue weighted by atomic mass is 9.82. The number of rotatable bonds is 4. The normalized spacial score (nSPS) is 25.4. The number of hydrogen-bond donors (Lipinski definition) is 1. The third kappa shape index (κ3) is 3.58. The first kappa shape index (κ1) is 15.4. The standard InChI is InChI=1S/C15H24N2O2S/c1-11-7-8-17-14(9-11)15(16-2)12-5-4-6-13(10-12)20(3,18)19/h7-9,12-13,15-16H,4-6,10H2,1-3H3. The lowest BCUT2D eigenvalue weighted by molar-refractivity contribution is 0.279. The Bertz CT molecular complexity index is 557. The highest BCUT2D eigenvalue weighted by Gasteiger charge is 2.33. The lowest BCUT2D eigenvalue weighted by Gasteiger charge is -2.33. The molecule has 1 aliphatic rings. The van der Waals surface area contributed by atoms with E-state index in [2.05, 4.69) is 23.3 Å². The van der Waals surface area contributed by atoms with Crippen LogP contribution in [0.25, 0.3) is 0 Å². The number of nitrogens with zero attached hydrogens (tertiary/aromatic N) is 1. The predicted molar refractivity (Wildman–Crippen MR) is 81.4 cm³/mol. The molecule has 0 aromatic carbocycles. The first-order valence-corrected chi connectivity index (χ1v) is 9.16. The van der Waals surface area contributed by atoms with Gasteiger partial charge in [-0.15, -0.1) is 0 Å². The minimum Gasteiger partial charge on any atom is -0.311 e. The molecule has 0 saturated heterocycles. The van der Waals surface area contributed by atoms with Gasteiger partial charge in [-0.25, -0.2) is 8.42 Å². The van der Waals surface area contributed by atoms with Crippen molar-refractivity contribution in [1.29, 1.82) is 0 Å². The van der Waals surface area contributed by atoms with Crippen LogP contribution in [0, 0.1) is 12.8 Å². The molecule has 3 unspecified atom stereocenters. The van der Waals surface area contributed by atoms with E-state index in [0.717, 1.165) is 31.4 Å². The second-order valence-electron chi connectivity index (χ2n) is 5.90. The molecular formula is C15H24N2O2S. The summed E-state index contributed by atoms with van der Waals surface area (Å²) in [6, 6.07) is 4.21. The Kier molecular flexibility index (Phi) is 4.81. The molecule has 1 aromatic heterocycles. The highest BCUT2D eigenvalue weighted by molar-refractivity contribution is 7.91. The van der Waals surface area contributed by atoms with Crippen molar-refractivity contribution < 1.29 is 8.42 Å². The second kappa shape index (κ2) is 6.22. The summed E-state index contributed by atoms with van der Waals surface area (Å²) in [4.78, 5) is 4.46. The first-order chi connectivity index (χ1) is 9.41. The van der Waals surface area contributed by atoms with Gasteiger partial charge in [0.25, 0.3) is 0 Å². The van der Waals surface area contributed by atoms with Crippen LogP contribution in [0.5, 0.6) is 0 Å². The quantitative estimate of drug-likeness (QED) is 0.926. The van der Waals surface area contributed by atoms with Gasteiger partial charge in [0.1, 0.15) is 9.84 Å². The first-order valence-electron chi connectivity index (χ1n) is 7.20. The van der Waals surface area contributed by atoms with E-state index < -0.39 is 9.84 Å². The number of pyridine rings is 1. The fraction of sp³-hybridized carbons (Fsp3) is 0.667. The van der Waals surface area contributed by atoms with Crippen LogP contribution >= 0.6 is 0 Å². The molecule has 0 amide bonds.